The zero-order valence-corrected chi connectivity index (χ0v) is 17.8. The fourth-order valence-corrected chi connectivity index (χ4v) is 2.43. The van der Waals surface area contributed by atoms with Crippen molar-refractivity contribution in [3.05, 3.63) is 0 Å². The number of rotatable bonds is 14. The molecule has 12 nitrogen and oxygen atoms in total. The minimum absolute atomic E-state index is 0.100. The van der Waals surface area contributed by atoms with Crippen molar-refractivity contribution in [2.45, 2.75) is 64.2 Å². The van der Waals surface area contributed by atoms with Gasteiger partial charge in [-0.25, -0.2) is 0 Å². The molecule has 0 aromatic rings. The number of amides is 3. The SMILES string of the molecule is CC[C@H](C)[C@H](NC(=O)[C@H](C)N)C(=O)N[C@@H](CCCN=C(N)N)C(=O)N[C@H](C=O)CO. The summed E-state index contributed by atoms with van der Waals surface area (Å²) in [5.74, 6) is -2.03. The van der Waals surface area contributed by atoms with Gasteiger partial charge in [-0.2, -0.15) is 0 Å². The fourth-order valence-electron chi connectivity index (χ4n) is 2.43. The molecule has 172 valence electrons. The van der Waals surface area contributed by atoms with Crippen molar-refractivity contribution in [3.8, 4) is 0 Å². The second kappa shape index (κ2) is 14.3. The van der Waals surface area contributed by atoms with E-state index in [2.05, 4.69) is 20.9 Å². The van der Waals surface area contributed by atoms with E-state index in [9.17, 15) is 19.2 Å². The van der Waals surface area contributed by atoms with Gasteiger partial charge in [0.05, 0.1) is 12.6 Å². The fraction of sp³-hybridized carbons (Fsp3) is 0.722. The number of guanidine groups is 1. The first-order chi connectivity index (χ1) is 14.1. The topological polar surface area (TPSA) is 215 Å². The Morgan fingerprint density at radius 2 is 1.70 bits per heavy atom. The van der Waals surface area contributed by atoms with Crippen molar-refractivity contribution >= 4 is 30.0 Å². The average Bonchev–Trinajstić information content (AvgIpc) is 2.70. The van der Waals surface area contributed by atoms with Crippen LogP contribution in [0.2, 0.25) is 0 Å². The average molecular weight is 430 g/mol. The van der Waals surface area contributed by atoms with E-state index in [4.69, 9.17) is 22.3 Å². The quantitative estimate of drug-likeness (QED) is 0.0655. The van der Waals surface area contributed by atoms with Gasteiger partial charge >= 0.3 is 0 Å². The van der Waals surface area contributed by atoms with E-state index in [0.29, 0.717) is 19.1 Å². The Morgan fingerprint density at radius 3 is 2.17 bits per heavy atom. The number of aldehydes is 1. The number of nitrogens with zero attached hydrogens (tertiary/aromatic N) is 1. The number of aliphatic imine (C=N–C) groups is 1. The van der Waals surface area contributed by atoms with Gasteiger partial charge in [0, 0.05) is 6.54 Å². The predicted octanol–water partition coefficient (Wildman–Crippen LogP) is -2.92. The van der Waals surface area contributed by atoms with E-state index in [0.717, 1.165) is 0 Å². The summed E-state index contributed by atoms with van der Waals surface area (Å²) in [6.45, 7) is 4.79. The van der Waals surface area contributed by atoms with Gasteiger partial charge in [-0.05, 0) is 25.7 Å². The minimum Gasteiger partial charge on any atom is -0.394 e. The lowest BCUT2D eigenvalue weighted by Crippen LogP contribution is -2.58. The van der Waals surface area contributed by atoms with Crippen molar-refractivity contribution in [2.75, 3.05) is 13.2 Å². The maximum Gasteiger partial charge on any atom is 0.243 e. The number of aliphatic hydroxyl groups excluding tert-OH is 1. The Morgan fingerprint density at radius 1 is 1.07 bits per heavy atom. The van der Waals surface area contributed by atoms with Crippen LogP contribution < -0.4 is 33.2 Å². The highest BCUT2D eigenvalue weighted by molar-refractivity contribution is 5.93. The molecule has 0 saturated carbocycles. The van der Waals surface area contributed by atoms with Gasteiger partial charge in [0.15, 0.2) is 5.96 Å². The zero-order chi connectivity index (χ0) is 23.3. The number of carbonyl (C=O) groups excluding carboxylic acids is 4. The molecule has 0 aliphatic carbocycles. The van der Waals surface area contributed by atoms with Crippen LogP contribution in [0.1, 0.15) is 40.0 Å². The number of nitrogens with two attached hydrogens (primary N) is 3. The molecular formula is C18H35N7O5. The number of hydrogen-bond acceptors (Lipinski definition) is 7. The van der Waals surface area contributed by atoms with Crippen LogP contribution in [0.3, 0.4) is 0 Å². The Bertz CT molecular complexity index is 608. The third-order valence-electron chi connectivity index (χ3n) is 4.47. The summed E-state index contributed by atoms with van der Waals surface area (Å²) in [6.07, 6.45) is 1.51. The Hall–Kier alpha value is -2.73. The lowest BCUT2D eigenvalue weighted by molar-refractivity contribution is -0.134. The molecule has 12 heteroatoms. The number of aliphatic hydroxyl groups is 1. The van der Waals surface area contributed by atoms with Crippen LogP contribution in [0.4, 0.5) is 0 Å². The maximum absolute atomic E-state index is 12.8. The normalized spacial score (nSPS) is 15.6. The summed E-state index contributed by atoms with van der Waals surface area (Å²) in [6, 6.07) is -3.83. The van der Waals surface area contributed by atoms with E-state index < -0.39 is 48.5 Å². The second-order valence-corrected chi connectivity index (χ2v) is 7.10. The summed E-state index contributed by atoms with van der Waals surface area (Å²) in [4.78, 5) is 52.1. The first-order valence-corrected chi connectivity index (χ1v) is 9.85. The molecule has 0 bridgehead atoms. The third kappa shape index (κ3) is 10.2. The number of nitrogens with one attached hydrogen (secondary N) is 3. The summed E-state index contributed by atoms with van der Waals surface area (Å²) >= 11 is 0. The molecule has 0 saturated heterocycles. The van der Waals surface area contributed by atoms with Crippen molar-refractivity contribution in [1.29, 1.82) is 0 Å². The van der Waals surface area contributed by atoms with Gasteiger partial charge in [0.1, 0.15) is 24.4 Å². The maximum atomic E-state index is 12.8. The largest absolute Gasteiger partial charge is 0.394 e. The van der Waals surface area contributed by atoms with Gasteiger partial charge in [-0.1, -0.05) is 20.3 Å². The molecule has 0 heterocycles. The highest BCUT2D eigenvalue weighted by Crippen LogP contribution is 2.10. The molecular weight excluding hydrogens is 394 g/mol. The number of carbonyl (C=O) groups is 4. The molecule has 0 radical (unpaired) electrons. The van der Waals surface area contributed by atoms with Crippen molar-refractivity contribution < 1.29 is 24.3 Å². The Labute approximate surface area is 176 Å². The molecule has 0 fully saturated rings. The molecule has 0 aliphatic heterocycles. The molecule has 5 atom stereocenters. The van der Waals surface area contributed by atoms with Crippen LogP contribution in [0, 0.1) is 5.92 Å². The molecule has 10 N–H and O–H groups in total. The van der Waals surface area contributed by atoms with Crippen LogP contribution in [0.15, 0.2) is 4.99 Å². The van der Waals surface area contributed by atoms with E-state index in [1.54, 1.807) is 6.92 Å². The lowest BCUT2D eigenvalue weighted by atomic mass is 9.97. The van der Waals surface area contributed by atoms with Gasteiger partial charge in [-0.15, -0.1) is 0 Å². The Balaban J connectivity index is 5.39. The van der Waals surface area contributed by atoms with Crippen LogP contribution in [-0.2, 0) is 19.2 Å². The van der Waals surface area contributed by atoms with Gasteiger partial charge in [0.25, 0.3) is 0 Å². The second-order valence-electron chi connectivity index (χ2n) is 7.10. The zero-order valence-electron chi connectivity index (χ0n) is 17.8. The van der Waals surface area contributed by atoms with Gasteiger partial charge in [-0.3, -0.25) is 19.4 Å². The highest BCUT2D eigenvalue weighted by Gasteiger charge is 2.30. The van der Waals surface area contributed by atoms with E-state index in [1.165, 1.54) is 6.92 Å². The molecule has 0 rings (SSSR count). The highest BCUT2D eigenvalue weighted by atomic mass is 16.3. The molecule has 3 amide bonds. The van der Waals surface area contributed by atoms with E-state index in [-0.39, 0.29) is 24.8 Å². The van der Waals surface area contributed by atoms with Crippen molar-refractivity contribution in [2.24, 2.45) is 28.1 Å². The smallest absolute Gasteiger partial charge is 0.243 e. The van der Waals surface area contributed by atoms with Crippen LogP contribution in [-0.4, -0.2) is 72.4 Å². The molecule has 0 spiro atoms. The van der Waals surface area contributed by atoms with E-state index >= 15 is 0 Å². The molecule has 30 heavy (non-hydrogen) atoms. The van der Waals surface area contributed by atoms with Crippen molar-refractivity contribution in [3.63, 3.8) is 0 Å². The van der Waals surface area contributed by atoms with Crippen molar-refractivity contribution in [1.82, 2.24) is 16.0 Å². The minimum atomic E-state index is -1.10. The van der Waals surface area contributed by atoms with Gasteiger partial charge in [0.2, 0.25) is 17.7 Å². The standard InChI is InChI=1S/C18H35N7O5/c1-4-10(2)14(25-15(28)11(3)19)17(30)24-13(6-5-7-22-18(20)21)16(29)23-12(8-26)9-27/h8,10-14,27H,4-7,9,19H2,1-3H3,(H,23,29)(H,24,30)(H,25,28)(H4,20,21,22)/t10-,11-,12+,13-,14-/m0/s1. The predicted molar refractivity (Wildman–Crippen MR) is 112 cm³/mol. The molecule has 0 aromatic heterocycles. The summed E-state index contributed by atoms with van der Waals surface area (Å²) in [7, 11) is 0. The Kier molecular flexibility index (Phi) is 13.0. The number of hydrogen-bond donors (Lipinski definition) is 7. The molecule has 0 aliphatic rings. The summed E-state index contributed by atoms with van der Waals surface area (Å²) < 4.78 is 0. The molecule has 0 unspecified atom stereocenters. The van der Waals surface area contributed by atoms with Crippen LogP contribution in [0.25, 0.3) is 0 Å². The first-order valence-electron chi connectivity index (χ1n) is 9.85. The van der Waals surface area contributed by atoms with Crippen LogP contribution >= 0.6 is 0 Å². The van der Waals surface area contributed by atoms with Crippen LogP contribution in [0.5, 0.6) is 0 Å². The third-order valence-corrected chi connectivity index (χ3v) is 4.47. The first kappa shape index (κ1) is 27.3. The summed E-state index contributed by atoms with van der Waals surface area (Å²) in [5.41, 5.74) is 16.1. The lowest BCUT2D eigenvalue weighted by Gasteiger charge is -2.27. The van der Waals surface area contributed by atoms with E-state index in [1.807, 2.05) is 6.92 Å². The van der Waals surface area contributed by atoms with Gasteiger partial charge < -0.3 is 43.1 Å². The molecule has 0 aromatic carbocycles. The summed E-state index contributed by atoms with van der Waals surface area (Å²) in [5, 5.41) is 16.7. The monoisotopic (exact) mass is 429 g/mol.